The summed E-state index contributed by atoms with van der Waals surface area (Å²) in [6.45, 7) is 17.7. The van der Waals surface area contributed by atoms with Crippen molar-refractivity contribution in [3.63, 3.8) is 0 Å². The molecule has 0 aliphatic carbocycles. The third-order valence-corrected chi connectivity index (χ3v) is 19.6. The fourth-order valence-electron chi connectivity index (χ4n) is 9.77. The summed E-state index contributed by atoms with van der Waals surface area (Å²) in [6.07, 6.45) is -3.10. The maximum absolute atomic E-state index is 13.1. The minimum absolute atomic E-state index is 0.0411. The molecule has 0 bridgehead atoms. The summed E-state index contributed by atoms with van der Waals surface area (Å²) >= 11 is 1.46. The van der Waals surface area contributed by atoms with E-state index in [0.717, 1.165) is 33.3 Å². The largest absolute Gasteiger partial charge is 0.416 e. The zero-order chi connectivity index (χ0) is 74.2. The number of carbonyl (C=O) groups is 6. The molecular weight excluding hydrogens is 1360 g/mol. The Bertz CT molecular complexity index is 4570. The topological polar surface area (TPSA) is 366 Å². The van der Waals surface area contributed by atoms with E-state index in [-0.39, 0.29) is 44.1 Å². The van der Waals surface area contributed by atoms with E-state index in [4.69, 9.17) is 20.8 Å². The van der Waals surface area contributed by atoms with Crippen molar-refractivity contribution in [1.82, 2.24) is 51.5 Å². The van der Waals surface area contributed by atoms with Gasteiger partial charge in [-0.05, 0) is 183 Å². The van der Waals surface area contributed by atoms with Crippen molar-refractivity contribution in [3.05, 3.63) is 253 Å². The van der Waals surface area contributed by atoms with Gasteiger partial charge in [0.15, 0.2) is 5.03 Å². The highest BCUT2D eigenvalue weighted by atomic mass is 32.2. The molecular formula is C70H77F3N10O14S3. The van der Waals surface area contributed by atoms with Crippen molar-refractivity contribution >= 4 is 76.9 Å². The van der Waals surface area contributed by atoms with Crippen LogP contribution in [0.1, 0.15) is 178 Å². The fraction of sp³-hybridized carbons (Fsp3) is 0.243. The molecule has 3 unspecified atom stereocenters. The van der Waals surface area contributed by atoms with Gasteiger partial charge in [-0.3, -0.25) is 49.6 Å². The number of benzene rings is 7. The molecule has 0 fully saturated rings. The number of alkyl halides is 3. The normalized spacial score (nSPS) is 12.6. The van der Waals surface area contributed by atoms with Gasteiger partial charge in [0.1, 0.15) is 5.82 Å². The van der Waals surface area contributed by atoms with Crippen molar-refractivity contribution in [3.8, 4) is 0 Å². The summed E-state index contributed by atoms with van der Waals surface area (Å²) in [5.74, 6) is -2.65. The lowest BCUT2D eigenvalue weighted by Crippen LogP contribution is -2.36. The van der Waals surface area contributed by atoms with Crippen molar-refractivity contribution < 1.29 is 79.6 Å². The first-order valence-electron chi connectivity index (χ1n) is 30.5. The highest BCUT2D eigenvalue weighted by Crippen LogP contribution is 2.35. The maximum Gasteiger partial charge on any atom is 0.416 e. The van der Waals surface area contributed by atoms with E-state index in [0.29, 0.717) is 44.1 Å². The molecule has 2 heterocycles. The number of nitrogens with one attached hydrogen (secondary N) is 8. The second-order valence-corrected chi connectivity index (χ2v) is 28.6. The molecule has 7 aromatic carbocycles. The van der Waals surface area contributed by atoms with E-state index < -0.39 is 84.9 Å². The van der Waals surface area contributed by atoms with Crippen LogP contribution in [0.3, 0.4) is 0 Å². The fourth-order valence-corrected chi connectivity index (χ4v) is 13.6. The smallest absolute Gasteiger partial charge is 0.345 e. The van der Waals surface area contributed by atoms with Crippen LogP contribution in [0.5, 0.6) is 0 Å². The molecule has 30 heteroatoms. The lowest BCUT2D eigenvalue weighted by Gasteiger charge is -2.32. The Morgan fingerprint density at radius 1 is 0.490 bits per heavy atom. The molecule has 100 heavy (non-hydrogen) atoms. The Labute approximate surface area is 580 Å². The molecule has 0 saturated heterocycles. The first-order valence-corrected chi connectivity index (χ1v) is 34.3. The van der Waals surface area contributed by atoms with Crippen LogP contribution in [0.2, 0.25) is 0 Å². The first kappa shape index (κ1) is 79.0. The van der Waals surface area contributed by atoms with Crippen molar-refractivity contribution in [2.45, 2.75) is 110 Å². The third-order valence-electron chi connectivity index (χ3n) is 15.4. The van der Waals surface area contributed by atoms with E-state index in [1.807, 2.05) is 71.0 Å². The highest BCUT2D eigenvalue weighted by molar-refractivity contribution is 7.89. The minimum atomic E-state index is -4.55. The summed E-state index contributed by atoms with van der Waals surface area (Å²) < 4.78 is 97.0. The molecule has 530 valence electrons. The summed E-state index contributed by atoms with van der Waals surface area (Å²) in [5, 5.41) is 41.3. The van der Waals surface area contributed by atoms with Crippen LogP contribution < -0.4 is 42.0 Å². The van der Waals surface area contributed by atoms with Crippen molar-refractivity contribution in [2.75, 3.05) is 0 Å². The van der Waals surface area contributed by atoms with Gasteiger partial charge in [-0.2, -0.15) is 13.2 Å². The molecule has 9 aromatic rings. The van der Waals surface area contributed by atoms with Gasteiger partial charge in [0, 0.05) is 57.8 Å². The van der Waals surface area contributed by atoms with Gasteiger partial charge >= 0.3 is 6.18 Å². The number of aromatic nitrogens is 2. The molecule has 0 saturated carbocycles. The standard InChI is InChI=1S/C21H23F3N2O3.C18H16N2O3S.C17H20N2O4S.C14H18N4O4S/c1-12-9-15(11-16(10-12)21(22,23)24)18(27)25-17(20(2,3)4)13-5-7-14(8-6-13)19(28)26-29;1-11(12-6-8-13(9-7-12)17(21)20-23)19-18(22)16-10-14-4-2-3-5-15(14)24-16;1-11-4-5-12(2)16(10-11)24(22,23)19-13(3)14-6-8-15(9-7-14)17(20)18-21;1-9(11-4-6-12(7-5-11)14(19)16-20)17-23(21,22)13-8-18(3)10(2)15-13/h5-11,17,29H,1-4H3,(H,25,27)(H,26,28);2-11,23H,1H3,(H,19,22)(H,20,21);4-10,13,19,21H,1-3H3,(H,18,20);4-9,17,20H,1-3H3,(H,16,19)/t;11-;;/m.0../s1. The van der Waals surface area contributed by atoms with Gasteiger partial charge in [-0.15, -0.1) is 11.3 Å². The number of imidazole rings is 1. The Balaban J connectivity index is 0.000000211. The number of hydroxylamine groups is 4. The molecule has 12 N–H and O–H groups in total. The van der Waals surface area contributed by atoms with Crippen LogP contribution in [-0.4, -0.2) is 82.7 Å². The van der Waals surface area contributed by atoms with Gasteiger partial charge in [0.2, 0.25) is 10.0 Å². The predicted octanol–water partition coefficient (Wildman–Crippen LogP) is 11.5. The highest BCUT2D eigenvalue weighted by Gasteiger charge is 2.33. The molecule has 24 nitrogen and oxygen atoms in total. The van der Waals surface area contributed by atoms with Crippen molar-refractivity contribution in [1.29, 1.82) is 0 Å². The summed E-state index contributed by atoms with van der Waals surface area (Å²) in [4.78, 5) is 75.5. The number of hydrogen-bond donors (Lipinski definition) is 12. The van der Waals surface area contributed by atoms with Crippen LogP contribution in [0.4, 0.5) is 13.2 Å². The number of sulfonamides is 2. The Hall–Kier alpha value is -10.0. The van der Waals surface area contributed by atoms with Gasteiger partial charge in [-0.1, -0.05) is 99.6 Å². The average molecular weight is 1440 g/mol. The van der Waals surface area contributed by atoms with Crippen LogP contribution in [0.25, 0.3) is 10.1 Å². The number of halogens is 3. The van der Waals surface area contributed by atoms with Crippen LogP contribution in [0, 0.1) is 33.1 Å². The number of carbonyl (C=O) groups excluding carboxylic acids is 6. The number of aryl methyl sites for hydroxylation is 5. The first-order chi connectivity index (χ1) is 46.9. The van der Waals surface area contributed by atoms with Crippen molar-refractivity contribution in [2.24, 2.45) is 12.5 Å². The van der Waals surface area contributed by atoms with E-state index in [1.165, 1.54) is 77.9 Å². The van der Waals surface area contributed by atoms with E-state index in [1.54, 1.807) is 123 Å². The molecule has 4 atom stereocenters. The predicted molar refractivity (Wildman–Crippen MR) is 368 cm³/mol. The quantitative estimate of drug-likeness (QED) is 0.0281. The third kappa shape index (κ3) is 21.5. The molecule has 0 radical (unpaired) electrons. The molecule has 0 spiro atoms. The van der Waals surface area contributed by atoms with Crippen LogP contribution >= 0.6 is 11.3 Å². The molecule has 9 rings (SSSR count). The minimum Gasteiger partial charge on any atom is -0.345 e. The SMILES string of the molecule is C[C@H](NC(=O)c1cc2ccccc2s1)c1ccc(C(=O)NO)cc1.Cc1cc(C(=O)NC(c2ccc(C(=O)NO)cc2)C(C)(C)C)cc(C(F)(F)F)c1.Cc1ccc(C)c(S(=O)(=O)NC(C)c2ccc(C(=O)NO)cc2)c1.Cc1nc(S(=O)(=O)NC(C)c2ccc(C(=O)NO)cc2)cn1C. The Kier molecular flexibility index (Phi) is 27.0. The Morgan fingerprint density at radius 2 is 0.930 bits per heavy atom. The zero-order valence-corrected chi connectivity index (χ0v) is 58.5. The van der Waals surface area contributed by atoms with E-state index in [2.05, 4.69) is 25.1 Å². The Morgan fingerprint density at radius 3 is 1.35 bits per heavy atom. The summed E-state index contributed by atoms with van der Waals surface area (Å²) in [5.41, 5.74) is 10.7. The summed E-state index contributed by atoms with van der Waals surface area (Å²) in [7, 11) is -5.68. The lowest BCUT2D eigenvalue weighted by atomic mass is 9.82. The number of hydrogen-bond acceptors (Lipinski definition) is 16. The number of rotatable bonds is 18. The molecule has 6 amide bonds. The number of nitrogens with zero attached hydrogens (tertiary/aromatic N) is 2. The van der Waals surface area contributed by atoms with E-state index >= 15 is 0 Å². The maximum atomic E-state index is 13.1. The molecule has 2 aromatic heterocycles. The van der Waals surface area contributed by atoms with E-state index in [9.17, 15) is 58.8 Å². The second kappa shape index (κ2) is 34.2. The monoisotopic (exact) mass is 1430 g/mol. The lowest BCUT2D eigenvalue weighted by molar-refractivity contribution is -0.137. The average Bonchev–Trinajstić information content (AvgIpc) is 1.77. The van der Waals surface area contributed by atoms with Gasteiger partial charge in [-0.25, -0.2) is 53.2 Å². The second-order valence-electron chi connectivity index (χ2n) is 24.1. The van der Waals surface area contributed by atoms with Crippen LogP contribution in [0.15, 0.2) is 180 Å². The zero-order valence-electron chi connectivity index (χ0n) is 56.1. The number of fused-ring (bicyclic) bond motifs is 1. The van der Waals surface area contributed by atoms with Gasteiger partial charge in [0.05, 0.1) is 27.4 Å². The van der Waals surface area contributed by atoms with Crippen LogP contribution in [-0.2, 0) is 33.3 Å². The molecule has 0 aliphatic heterocycles. The summed E-state index contributed by atoms with van der Waals surface area (Å²) in [6, 6.07) is 42.0. The van der Waals surface area contributed by atoms with Gasteiger partial charge < -0.3 is 15.2 Å². The number of amides is 6. The molecule has 0 aliphatic rings. The van der Waals surface area contributed by atoms with Gasteiger partial charge in [0.25, 0.3) is 45.5 Å². The number of thiophene rings is 1.